The molecule has 0 amide bonds. The van der Waals surface area contributed by atoms with E-state index in [1.807, 2.05) is 6.92 Å². The van der Waals surface area contributed by atoms with Crippen LogP contribution in [0.4, 0.5) is 0 Å². The molecule has 1 saturated heterocycles. The molecule has 2 aromatic carbocycles. The molecule has 0 spiro atoms. The zero-order valence-electron chi connectivity index (χ0n) is 12.8. The van der Waals surface area contributed by atoms with E-state index in [1.165, 1.54) is 28.6 Å². The minimum absolute atomic E-state index is 0.135. The highest BCUT2D eigenvalue weighted by Crippen LogP contribution is 2.38. The second kappa shape index (κ2) is 5.47. The fraction of sp³-hybridized carbons (Fsp3) is 0.235. The Morgan fingerprint density at radius 1 is 1.09 bits per heavy atom. The number of sulfonamides is 1. The minimum Gasteiger partial charge on any atom is -0.507 e. The molecule has 120 valence electrons. The quantitative estimate of drug-likeness (QED) is 0.689. The van der Waals surface area contributed by atoms with Crippen LogP contribution in [0.15, 0.2) is 53.4 Å². The molecule has 3 rings (SSSR count). The van der Waals surface area contributed by atoms with E-state index in [0.29, 0.717) is 0 Å². The number of aromatic hydroxyl groups is 1. The van der Waals surface area contributed by atoms with E-state index < -0.39 is 22.1 Å². The van der Waals surface area contributed by atoms with Crippen molar-refractivity contribution in [2.45, 2.75) is 30.8 Å². The maximum atomic E-state index is 12.7. The van der Waals surface area contributed by atoms with Gasteiger partial charge in [0.15, 0.2) is 5.78 Å². The van der Waals surface area contributed by atoms with E-state index >= 15 is 0 Å². The molecular weight excluding hydrogens is 314 g/mol. The van der Waals surface area contributed by atoms with Crippen LogP contribution < -0.4 is 0 Å². The number of ketones is 1. The van der Waals surface area contributed by atoms with Gasteiger partial charge in [0.2, 0.25) is 10.0 Å². The summed E-state index contributed by atoms with van der Waals surface area (Å²) in [6.45, 7) is 3.56. The number of nitrogens with zero attached hydrogens (tertiary/aromatic N) is 1. The van der Waals surface area contributed by atoms with Crippen LogP contribution in [0.3, 0.4) is 0 Å². The summed E-state index contributed by atoms with van der Waals surface area (Å²) in [5.74, 6) is -0.518. The number of benzene rings is 2. The number of phenols is 1. The van der Waals surface area contributed by atoms with Crippen molar-refractivity contribution >= 4 is 15.8 Å². The Balaban J connectivity index is 1.90. The monoisotopic (exact) mass is 331 g/mol. The Hall–Kier alpha value is -2.18. The summed E-state index contributed by atoms with van der Waals surface area (Å²) in [4.78, 5) is 12.7. The number of phenolic OH excluding ortho intramolecular Hbond substituents is 1. The second-order valence-electron chi connectivity index (χ2n) is 5.71. The maximum Gasteiger partial charge on any atom is 0.244 e. The third-order valence-corrected chi connectivity index (χ3v) is 6.06. The summed E-state index contributed by atoms with van der Waals surface area (Å²) < 4.78 is 26.5. The number of carbonyl (C=O) groups is 1. The van der Waals surface area contributed by atoms with Crippen LogP contribution in [0.5, 0.6) is 5.75 Å². The average molecular weight is 331 g/mol. The van der Waals surface area contributed by atoms with E-state index in [2.05, 4.69) is 0 Å². The number of para-hydroxylation sites is 1. The smallest absolute Gasteiger partial charge is 0.244 e. The van der Waals surface area contributed by atoms with Gasteiger partial charge in [-0.3, -0.25) is 4.79 Å². The molecule has 1 aliphatic rings. The number of hydrogen-bond donors (Lipinski definition) is 1. The highest BCUT2D eigenvalue weighted by atomic mass is 32.2. The summed E-state index contributed by atoms with van der Waals surface area (Å²) in [6.07, 6.45) is 0. The molecule has 1 N–H and O–H groups in total. The van der Waals surface area contributed by atoms with Crippen molar-refractivity contribution in [3.8, 4) is 5.75 Å². The molecule has 23 heavy (non-hydrogen) atoms. The Kier molecular flexibility index (Phi) is 3.74. The SMILES string of the molecule is Cc1ccc(S(=O)(=O)N2[C@H](C(=O)c3ccccc3O)[C@@H]2C)cc1. The van der Waals surface area contributed by atoms with E-state index in [9.17, 15) is 18.3 Å². The van der Waals surface area contributed by atoms with Crippen molar-refractivity contribution in [3.05, 3.63) is 59.7 Å². The van der Waals surface area contributed by atoms with Crippen LogP contribution in [0.1, 0.15) is 22.8 Å². The second-order valence-corrected chi connectivity index (χ2v) is 7.56. The van der Waals surface area contributed by atoms with Gasteiger partial charge in [-0.2, -0.15) is 4.31 Å². The zero-order valence-corrected chi connectivity index (χ0v) is 13.6. The van der Waals surface area contributed by atoms with Gasteiger partial charge in [-0.15, -0.1) is 0 Å². The lowest BCUT2D eigenvalue weighted by Crippen LogP contribution is -2.19. The highest BCUT2D eigenvalue weighted by Gasteiger charge is 2.57. The molecule has 0 aliphatic carbocycles. The molecule has 1 heterocycles. The van der Waals surface area contributed by atoms with E-state index in [4.69, 9.17) is 0 Å². The van der Waals surface area contributed by atoms with Crippen molar-refractivity contribution in [1.29, 1.82) is 0 Å². The molecule has 0 radical (unpaired) electrons. The summed E-state index contributed by atoms with van der Waals surface area (Å²) in [7, 11) is -3.72. The van der Waals surface area contributed by atoms with Gasteiger partial charge in [0.1, 0.15) is 11.8 Å². The van der Waals surface area contributed by atoms with Gasteiger partial charge in [0.25, 0.3) is 0 Å². The van der Waals surface area contributed by atoms with Gasteiger partial charge < -0.3 is 5.11 Å². The van der Waals surface area contributed by atoms with Gasteiger partial charge in [-0.05, 0) is 38.1 Å². The van der Waals surface area contributed by atoms with Gasteiger partial charge in [-0.1, -0.05) is 29.8 Å². The van der Waals surface area contributed by atoms with Crippen LogP contribution in [-0.2, 0) is 10.0 Å². The number of carbonyl (C=O) groups excluding carboxylic acids is 1. The average Bonchev–Trinajstić information content (AvgIpc) is 3.20. The lowest BCUT2D eigenvalue weighted by molar-refractivity contribution is 0.0979. The third kappa shape index (κ3) is 2.64. The predicted molar refractivity (Wildman–Crippen MR) is 85.9 cm³/mol. The van der Waals surface area contributed by atoms with Crippen LogP contribution >= 0.6 is 0 Å². The summed E-state index contributed by atoms with van der Waals surface area (Å²) in [6, 6.07) is 11.5. The summed E-state index contributed by atoms with van der Waals surface area (Å²) in [5.41, 5.74) is 1.11. The Morgan fingerprint density at radius 2 is 1.70 bits per heavy atom. The predicted octanol–water partition coefficient (Wildman–Crippen LogP) is 2.34. The highest BCUT2D eigenvalue weighted by molar-refractivity contribution is 7.89. The van der Waals surface area contributed by atoms with Gasteiger partial charge >= 0.3 is 0 Å². The number of rotatable bonds is 4. The van der Waals surface area contributed by atoms with E-state index in [0.717, 1.165) is 5.56 Å². The van der Waals surface area contributed by atoms with Crippen LogP contribution in [0.2, 0.25) is 0 Å². The number of aryl methyl sites for hydroxylation is 1. The Bertz CT molecular complexity index is 858. The Labute approximate surface area is 135 Å². The van der Waals surface area contributed by atoms with Crippen LogP contribution in [0, 0.1) is 6.92 Å². The first-order valence-corrected chi connectivity index (χ1v) is 8.70. The Morgan fingerprint density at radius 3 is 2.30 bits per heavy atom. The summed E-state index contributed by atoms with van der Waals surface area (Å²) in [5, 5.41) is 9.79. The first kappa shape index (κ1) is 15.7. The van der Waals surface area contributed by atoms with Crippen molar-refractivity contribution in [2.24, 2.45) is 0 Å². The molecule has 3 atom stereocenters. The van der Waals surface area contributed by atoms with Crippen molar-refractivity contribution in [1.82, 2.24) is 4.31 Å². The van der Waals surface area contributed by atoms with Crippen LogP contribution in [-0.4, -0.2) is 35.7 Å². The number of Topliss-reactive ketones (excluding diaryl/α,β-unsaturated/α-hetero) is 1. The molecule has 1 fully saturated rings. The molecule has 0 saturated carbocycles. The molecule has 1 aliphatic heterocycles. The fourth-order valence-electron chi connectivity index (χ4n) is 2.70. The molecule has 1 unspecified atom stereocenters. The zero-order chi connectivity index (χ0) is 16.8. The largest absolute Gasteiger partial charge is 0.507 e. The van der Waals surface area contributed by atoms with Crippen molar-refractivity contribution in [3.63, 3.8) is 0 Å². The molecule has 5 nitrogen and oxygen atoms in total. The first-order chi connectivity index (χ1) is 10.8. The lowest BCUT2D eigenvalue weighted by atomic mass is 10.1. The topological polar surface area (TPSA) is 74.5 Å². The molecule has 0 aromatic heterocycles. The fourth-order valence-corrected chi connectivity index (χ4v) is 4.49. The molecular formula is C17H17NO4S. The lowest BCUT2D eigenvalue weighted by Gasteiger charge is -2.07. The first-order valence-electron chi connectivity index (χ1n) is 7.26. The van der Waals surface area contributed by atoms with Crippen molar-refractivity contribution < 1.29 is 18.3 Å². The molecule has 2 aromatic rings. The van der Waals surface area contributed by atoms with E-state index in [-0.39, 0.29) is 22.0 Å². The van der Waals surface area contributed by atoms with E-state index in [1.54, 1.807) is 31.2 Å². The third-order valence-electron chi connectivity index (χ3n) is 4.08. The molecule has 0 bridgehead atoms. The molecule has 6 heteroatoms. The number of hydrogen-bond acceptors (Lipinski definition) is 4. The van der Waals surface area contributed by atoms with Gasteiger partial charge in [0.05, 0.1) is 10.5 Å². The van der Waals surface area contributed by atoms with Gasteiger partial charge in [-0.25, -0.2) is 8.42 Å². The minimum atomic E-state index is -3.72. The van der Waals surface area contributed by atoms with Gasteiger partial charge in [0, 0.05) is 6.04 Å². The van der Waals surface area contributed by atoms with Crippen LogP contribution in [0.25, 0.3) is 0 Å². The van der Waals surface area contributed by atoms with Crippen molar-refractivity contribution in [2.75, 3.05) is 0 Å². The normalized spacial score (nSPS) is 23.5. The maximum absolute atomic E-state index is 12.7. The standard InChI is InChI=1S/C17H17NO4S/c1-11-7-9-13(10-8-11)23(21,22)18-12(2)16(18)17(20)14-5-3-4-6-15(14)19/h3-10,12,16,19H,1-2H3/t12-,16-,18?/m0/s1. The summed E-state index contributed by atoms with van der Waals surface area (Å²) >= 11 is 0.